The summed E-state index contributed by atoms with van der Waals surface area (Å²) in [5.41, 5.74) is -0.554. The van der Waals surface area contributed by atoms with Crippen LogP contribution in [-0.4, -0.2) is 130 Å². The first-order chi connectivity index (χ1) is 40.8. The molecule has 12 nitrogen and oxygen atoms in total. The number of hydrogen-bond acceptors (Lipinski definition) is 9. The van der Waals surface area contributed by atoms with Gasteiger partial charge in [0.05, 0.1) is 38.3 Å². The molecule has 0 unspecified atom stereocenters. The van der Waals surface area contributed by atoms with Gasteiger partial charge >= 0.3 is 0 Å². The van der Waals surface area contributed by atoms with Crippen molar-refractivity contribution in [1.82, 2.24) is 14.7 Å². The van der Waals surface area contributed by atoms with Crippen molar-refractivity contribution in [3.63, 3.8) is 0 Å². The minimum atomic E-state index is -3.28. The molecule has 0 bridgehead atoms. The molecule has 0 spiro atoms. The number of ether oxygens (including phenoxy) is 3. The van der Waals surface area contributed by atoms with Crippen molar-refractivity contribution in [2.24, 2.45) is 5.41 Å². The van der Waals surface area contributed by atoms with Gasteiger partial charge in [0, 0.05) is 96.3 Å². The summed E-state index contributed by atoms with van der Waals surface area (Å²) in [5.74, 6) is -0.425. The smallest absolute Gasteiger partial charge is 0.230 e. The highest BCUT2D eigenvalue weighted by molar-refractivity contribution is 7.80. The SMILES string of the molecule is CCCCN(CCCOCC(CC)(COCCCN(CCCC)C(=O)CP(=O)(c1ccccc1)c1ccccc1)COCCCN(CCCC)C(=O)CP(=O)(c1ccccc1)c1ccccc1)C(=O)CP(=O)(c1ccccc1)c1ccccc1. The summed E-state index contributed by atoms with van der Waals surface area (Å²) < 4.78 is 64.4. The largest absolute Gasteiger partial charge is 0.381 e. The zero-order valence-electron chi connectivity index (χ0n) is 50.4. The monoisotopic (exact) mass is 1200 g/mol. The van der Waals surface area contributed by atoms with Gasteiger partial charge in [0.2, 0.25) is 17.7 Å². The van der Waals surface area contributed by atoms with Gasteiger partial charge in [0.25, 0.3) is 0 Å². The van der Waals surface area contributed by atoms with E-state index >= 15 is 0 Å². The van der Waals surface area contributed by atoms with E-state index < -0.39 is 26.8 Å². The molecule has 6 aromatic carbocycles. The maximum atomic E-state index is 14.9. The molecule has 0 N–H and O–H groups in total. The topological polar surface area (TPSA) is 140 Å². The fraction of sp³-hybridized carbons (Fsp3) is 0.435. The van der Waals surface area contributed by atoms with Crippen molar-refractivity contribution < 1.29 is 42.3 Å². The van der Waals surface area contributed by atoms with Gasteiger partial charge in [-0.05, 0) is 44.9 Å². The van der Waals surface area contributed by atoms with Crippen LogP contribution in [0.15, 0.2) is 182 Å². The Labute approximate surface area is 502 Å². The van der Waals surface area contributed by atoms with E-state index in [1.165, 1.54) is 0 Å². The van der Waals surface area contributed by atoms with Crippen LogP contribution in [0.4, 0.5) is 0 Å². The standard InChI is InChI=1S/C69H92N3O9P3/c1-5-9-45-70(66(73)54-82(76,60-33-18-12-19-34-60)61-35-20-13-21-36-61)48-30-51-79-57-69(8-4,58-80-52-31-49-71(46-10-6-2)67(74)55-83(77,62-37-22-14-23-38-62)63-39-24-15-25-40-63)59-81-53-32-50-72(47-11-7-3)68(75)56-84(78,64-41-26-16-27-42-64)65-43-28-17-29-44-65/h12-29,33-44H,5-11,30-32,45-59H2,1-4H3. The Morgan fingerprint density at radius 1 is 0.333 bits per heavy atom. The summed E-state index contributed by atoms with van der Waals surface area (Å²) in [6.07, 6.45) is 7.28. The Morgan fingerprint density at radius 2 is 0.536 bits per heavy atom. The highest BCUT2D eigenvalue weighted by atomic mass is 31.2. The van der Waals surface area contributed by atoms with Crippen LogP contribution in [0.2, 0.25) is 0 Å². The van der Waals surface area contributed by atoms with Crippen molar-refractivity contribution in [1.29, 1.82) is 0 Å². The molecular formula is C69H92N3O9P3. The van der Waals surface area contributed by atoms with Crippen LogP contribution < -0.4 is 31.8 Å². The van der Waals surface area contributed by atoms with Gasteiger partial charge in [-0.3, -0.25) is 14.4 Å². The molecule has 6 rings (SSSR count). The quantitative estimate of drug-likeness (QED) is 0.0272. The highest BCUT2D eigenvalue weighted by Gasteiger charge is 2.36. The van der Waals surface area contributed by atoms with Crippen molar-refractivity contribution in [2.75, 3.05) is 97.4 Å². The second kappa shape index (κ2) is 35.7. The average Bonchev–Trinajstić information content (AvgIpc) is 2.47. The zero-order valence-corrected chi connectivity index (χ0v) is 53.0. The Morgan fingerprint density at radius 3 is 0.726 bits per heavy atom. The number of nitrogens with zero attached hydrogens (tertiary/aromatic N) is 3. The number of benzene rings is 6. The molecule has 0 aromatic heterocycles. The number of rotatable bonds is 40. The molecule has 0 saturated heterocycles. The van der Waals surface area contributed by atoms with Crippen LogP contribution in [0, 0.1) is 5.41 Å². The maximum Gasteiger partial charge on any atom is 0.230 e. The first kappa shape index (κ1) is 67.4. The van der Waals surface area contributed by atoms with E-state index in [0.29, 0.717) is 136 Å². The molecule has 3 amide bonds. The molecule has 15 heteroatoms. The van der Waals surface area contributed by atoms with E-state index in [9.17, 15) is 28.1 Å². The Bertz CT molecular complexity index is 2550. The highest BCUT2D eigenvalue weighted by Crippen LogP contribution is 2.45. The van der Waals surface area contributed by atoms with Gasteiger partial charge in [0.1, 0.15) is 0 Å². The summed E-state index contributed by atoms with van der Waals surface area (Å²) in [5, 5.41) is 3.98. The second-order valence-electron chi connectivity index (χ2n) is 22.0. The van der Waals surface area contributed by atoms with Crippen molar-refractivity contribution in [2.45, 2.75) is 91.9 Å². The molecular weight excluding hydrogens is 1110 g/mol. The van der Waals surface area contributed by atoms with Gasteiger partial charge < -0.3 is 42.6 Å². The molecule has 6 aromatic rings. The summed E-state index contributed by atoms with van der Waals surface area (Å²) in [6, 6.07) is 56.0. The Hall–Kier alpha value is -5.70. The zero-order chi connectivity index (χ0) is 59.9. The normalized spacial score (nSPS) is 12.0. The Balaban J connectivity index is 1.11. The molecule has 0 aliphatic heterocycles. The third-order valence-electron chi connectivity index (χ3n) is 15.6. The molecule has 0 saturated carbocycles. The van der Waals surface area contributed by atoms with E-state index in [1.54, 1.807) is 0 Å². The number of unbranched alkanes of at least 4 members (excludes halogenated alkanes) is 3. The van der Waals surface area contributed by atoms with Crippen LogP contribution in [0.25, 0.3) is 0 Å². The van der Waals surface area contributed by atoms with E-state index in [2.05, 4.69) is 27.7 Å². The maximum absolute atomic E-state index is 14.9. The molecule has 0 heterocycles. The van der Waals surface area contributed by atoms with E-state index in [4.69, 9.17) is 14.2 Å². The van der Waals surface area contributed by atoms with Crippen LogP contribution in [-0.2, 0) is 42.3 Å². The molecule has 0 aliphatic carbocycles. The molecule has 0 atom stereocenters. The van der Waals surface area contributed by atoms with Crippen LogP contribution in [0.1, 0.15) is 91.9 Å². The molecule has 0 radical (unpaired) electrons. The Kier molecular flexibility index (Phi) is 28.6. The molecule has 452 valence electrons. The number of carbonyl (C=O) groups is 3. The third kappa shape index (κ3) is 19.9. The first-order valence-electron chi connectivity index (χ1n) is 30.5. The van der Waals surface area contributed by atoms with Crippen molar-refractivity contribution in [3.05, 3.63) is 182 Å². The van der Waals surface area contributed by atoms with Gasteiger partial charge in [-0.15, -0.1) is 0 Å². The van der Waals surface area contributed by atoms with E-state index in [0.717, 1.165) is 38.5 Å². The fourth-order valence-electron chi connectivity index (χ4n) is 10.4. The van der Waals surface area contributed by atoms with Gasteiger partial charge in [-0.2, -0.15) is 0 Å². The minimum absolute atomic E-state index is 0.0986. The summed E-state index contributed by atoms with van der Waals surface area (Å²) in [4.78, 5) is 48.3. The first-order valence-corrected chi connectivity index (χ1v) is 36.2. The van der Waals surface area contributed by atoms with E-state index in [1.807, 2.05) is 197 Å². The fourth-order valence-corrected chi connectivity index (χ4v) is 18.0. The minimum Gasteiger partial charge on any atom is -0.381 e. The predicted octanol–water partition coefficient (Wildman–Crippen LogP) is 11.5. The predicted molar refractivity (Wildman–Crippen MR) is 347 cm³/mol. The summed E-state index contributed by atoms with van der Waals surface area (Å²) >= 11 is 0. The average molecular weight is 1200 g/mol. The summed E-state index contributed by atoms with van der Waals surface area (Å²) in [7, 11) is -9.83. The van der Waals surface area contributed by atoms with Crippen molar-refractivity contribution >= 4 is 71.0 Å². The lowest BCUT2D eigenvalue weighted by Crippen LogP contribution is -2.39. The lowest BCUT2D eigenvalue weighted by atomic mass is 9.88. The van der Waals surface area contributed by atoms with Crippen LogP contribution in [0.5, 0.6) is 0 Å². The van der Waals surface area contributed by atoms with Gasteiger partial charge in [0.15, 0.2) is 21.4 Å². The number of hydrogen-bond donors (Lipinski definition) is 0. The number of carbonyl (C=O) groups excluding carboxylic acids is 3. The van der Waals surface area contributed by atoms with E-state index in [-0.39, 0.29) is 36.2 Å². The van der Waals surface area contributed by atoms with Gasteiger partial charge in [-0.25, -0.2) is 0 Å². The lowest BCUT2D eigenvalue weighted by Gasteiger charge is -2.33. The second-order valence-corrected chi connectivity index (χ2v) is 30.5. The summed E-state index contributed by atoms with van der Waals surface area (Å²) in [6.45, 7) is 13.5. The van der Waals surface area contributed by atoms with Crippen molar-refractivity contribution in [3.8, 4) is 0 Å². The van der Waals surface area contributed by atoms with Crippen LogP contribution in [0.3, 0.4) is 0 Å². The molecule has 84 heavy (non-hydrogen) atoms. The molecule has 0 aliphatic rings. The lowest BCUT2D eigenvalue weighted by molar-refractivity contribution is -0.129. The van der Waals surface area contributed by atoms with Crippen LogP contribution >= 0.6 is 21.4 Å². The molecule has 0 fully saturated rings. The van der Waals surface area contributed by atoms with Gasteiger partial charge in [-0.1, -0.05) is 229 Å². The number of amides is 3. The third-order valence-corrected chi connectivity index (χ3v) is 24.6.